The van der Waals surface area contributed by atoms with Crippen LogP contribution in [0.25, 0.3) is 0 Å². The Kier molecular flexibility index (Phi) is 7.09. The van der Waals surface area contributed by atoms with Gasteiger partial charge in [-0.15, -0.1) is 0 Å². The fourth-order valence-electron chi connectivity index (χ4n) is 3.14. The van der Waals surface area contributed by atoms with E-state index in [4.69, 9.17) is 27.9 Å². The lowest BCUT2D eigenvalue weighted by molar-refractivity contribution is 0.0730. The molecule has 0 aromatic heterocycles. The first kappa shape index (κ1) is 23.0. The molecule has 0 atom stereocenters. The van der Waals surface area contributed by atoms with Crippen molar-refractivity contribution >= 4 is 39.1 Å². The molecule has 30 heavy (non-hydrogen) atoms. The zero-order chi connectivity index (χ0) is 21.9. The van der Waals surface area contributed by atoms with Crippen LogP contribution in [0, 0.1) is 0 Å². The van der Waals surface area contributed by atoms with Crippen LogP contribution < -0.4 is 5.32 Å². The van der Waals surface area contributed by atoms with Gasteiger partial charge in [-0.25, -0.2) is 8.42 Å². The fraction of sp³-hybridized carbons (Fsp3) is 0.381. The van der Waals surface area contributed by atoms with Crippen LogP contribution in [-0.2, 0) is 20.2 Å². The number of nitrogens with zero attached hydrogens (tertiary/aromatic N) is 1. The molecular formula is C21H24Cl2N2O4S. The summed E-state index contributed by atoms with van der Waals surface area (Å²) in [6.45, 7) is 5.78. The number of morpholine rings is 1. The number of carbonyl (C=O) groups is 1. The molecule has 162 valence electrons. The van der Waals surface area contributed by atoms with Gasteiger partial charge in [0, 0.05) is 30.6 Å². The van der Waals surface area contributed by atoms with Crippen LogP contribution in [0.1, 0.15) is 29.8 Å². The van der Waals surface area contributed by atoms with Crippen LogP contribution in [0.4, 0.5) is 0 Å². The van der Waals surface area contributed by atoms with Gasteiger partial charge in [0.25, 0.3) is 5.91 Å². The Morgan fingerprint density at radius 3 is 2.30 bits per heavy atom. The van der Waals surface area contributed by atoms with Crippen molar-refractivity contribution in [1.29, 1.82) is 0 Å². The predicted molar refractivity (Wildman–Crippen MR) is 118 cm³/mol. The van der Waals surface area contributed by atoms with Crippen LogP contribution in [0.3, 0.4) is 0 Å². The molecule has 3 rings (SSSR count). The first-order valence-corrected chi connectivity index (χ1v) is 11.7. The Balaban J connectivity index is 1.66. The number of carbonyl (C=O) groups excluding carboxylic acids is 1. The molecule has 0 radical (unpaired) electrons. The lowest BCUT2D eigenvalue weighted by Gasteiger charge is -2.26. The minimum absolute atomic E-state index is 0.164. The van der Waals surface area contributed by atoms with Crippen molar-refractivity contribution in [2.45, 2.75) is 24.2 Å². The van der Waals surface area contributed by atoms with Crippen molar-refractivity contribution in [3.8, 4) is 0 Å². The molecule has 0 unspecified atom stereocenters. The Hall–Kier alpha value is -1.64. The molecule has 0 saturated carbocycles. The maximum absolute atomic E-state index is 12.7. The third-order valence-electron chi connectivity index (χ3n) is 5.12. The van der Waals surface area contributed by atoms with Gasteiger partial charge in [0.1, 0.15) is 0 Å². The van der Waals surface area contributed by atoms with Gasteiger partial charge in [-0.3, -0.25) is 4.79 Å². The lowest BCUT2D eigenvalue weighted by Crippen LogP contribution is -2.40. The van der Waals surface area contributed by atoms with E-state index in [1.807, 2.05) is 19.9 Å². The number of hydrogen-bond donors (Lipinski definition) is 1. The molecule has 1 aliphatic rings. The number of benzene rings is 2. The number of nitrogens with one attached hydrogen (secondary N) is 1. The van der Waals surface area contributed by atoms with Gasteiger partial charge in [0.15, 0.2) is 0 Å². The molecule has 1 aliphatic heterocycles. The largest absolute Gasteiger partial charge is 0.379 e. The van der Waals surface area contributed by atoms with Crippen LogP contribution in [0.15, 0.2) is 47.4 Å². The van der Waals surface area contributed by atoms with E-state index >= 15 is 0 Å². The van der Waals surface area contributed by atoms with Crippen molar-refractivity contribution in [2.24, 2.45) is 0 Å². The average molecular weight is 471 g/mol. The van der Waals surface area contributed by atoms with E-state index in [-0.39, 0.29) is 16.2 Å². The van der Waals surface area contributed by atoms with E-state index in [1.165, 1.54) is 28.6 Å². The number of amides is 1. The maximum Gasteiger partial charge on any atom is 0.251 e. The highest BCUT2D eigenvalue weighted by atomic mass is 35.5. The number of ether oxygens (including phenoxy) is 1. The van der Waals surface area contributed by atoms with E-state index in [0.29, 0.717) is 48.5 Å². The summed E-state index contributed by atoms with van der Waals surface area (Å²) in [6, 6.07) is 11.4. The predicted octanol–water partition coefficient (Wildman–Crippen LogP) is 3.72. The zero-order valence-electron chi connectivity index (χ0n) is 16.8. The quantitative estimate of drug-likeness (QED) is 0.697. The molecule has 2 aromatic rings. The Morgan fingerprint density at radius 2 is 1.70 bits per heavy atom. The summed E-state index contributed by atoms with van der Waals surface area (Å²) >= 11 is 12.1. The smallest absolute Gasteiger partial charge is 0.251 e. The highest BCUT2D eigenvalue weighted by Gasteiger charge is 2.27. The van der Waals surface area contributed by atoms with Gasteiger partial charge >= 0.3 is 0 Å². The molecule has 0 aliphatic carbocycles. The molecule has 2 aromatic carbocycles. The summed E-state index contributed by atoms with van der Waals surface area (Å²) in [5.41, 5.74) is 0.966. The average Bonchev–Trinajstić information content (AvgIpc) is 2.74. The summed E-state index contributed by atoms with van der Waals surface area (Å²) in [5.74, 6) is -0.279. The molecule has 6 nitrogen and oxygen atoms in total. The van der Waals surface area contributed by atoms with E-state index in [1.54, 1.807) is 12.1 Å². The number of sulfonamides is 1. The van der Waals surface area contributed by atoms with Gasteiger partial charge in [0.05, 0.1) is 28.2 Å². The molecule has 0 bridgehead atoms. The Labute approximate surface area is 187 Å². The van der Waals surface area contributed by atoms with E-state index in [9.17, 15) is 13.2 Å². The second kappa shape index (κ2) is 9.24. The van der Waals surface area contributed by atoms with Crippen molar-refractivity contribution < 1.29 is 17.9 Å². The lowest BCUT2D eigenvalue weighted by atomic mass is 9.84. The summed E-state index contributed by atoms with van der Waals surface area (Å²) in [6.07, 6.45) is 0. The minimum atomic E-state index is -3.59. The first-order chi connectivity index (χ1) is 14.1. The van der Waals surface area contributed by atoms with Crippen molar-refractivity contribution in [1.82, 2.24) is 9.62 Å². The zero-order valence-corrected chi connectivity index (χ0v) is 19.1. The van der Waals surface area contributed by atoms with Crippen molar-refractivity contribution in [3.63, 3.8) is 0 Å². The van der Waals surface area contributed by atoms with Crippen molar-refractivity contribution in [2.75, 3.05) is 32.8 Å². The third-order valence-corrected chi connectivity index (χ3v) is 7.77. The summed E-state index contributed by atoms with van der Waals surface area (Å²) in [4.78, 5) is 12.7. The first-order valence-electron chi connectivity index (χ1n) is 9.53. The van der Waals surface area contributed by atoms with Crippen molar-refractivity contribution in [3.05, 3.63) is 63.6 Å². The second-order valence-corrected chi connectivity index (χ2v) is 10.5. The van der Waals surface area contributed by atoms with Crippen LogP contribution >= 0.6 is 23.2 Å². The number of rotatable bonds is 6. The highest BCUT2D eigenvalue weighted by molar-refractivity contribution is 7.89. The number of hydrogen-bond acceptors (Lipinski definition) is 4. The van der Waals surface area contributed by atoms with E-state index < -0.39 is 10.0 Å². The van der Waals surface area contributed by atoms with Gasteiger partial charge < -0.3 is 10.1 Å². The molecule has 1 saturated heterocycles. The van der Waals surface area contributed by atoms with Crippen LogP contribution in [0.2, 0.25) is 10.0 Å². The van der Waals surface area contributed by atoms with Crippen LogP contribution in [-0.4, -0.2) is 51.5 Å². The van der Waals surface area contributed by atoms with Gasteiger partial charge in [-0.2, -0.15) is 4.31 Å². The number of halogens is 2. The fourth-order valence-corrected chi connectivity index (χ4v) is 4.84. The van der Waals surface area contributed by atoms with Gasteiger partial charge in [-0.05, 0) is 42.0 Å². The molecule has 1 N–H and O–H groups in total. The normalized spacial score (nSPS) is 15.7. The molecular weight excluding hydrogens is 447 g/mol. The maximum atomic E-state index is 12.7. The summed E-state index contributed by atoms with van der Waals surface area (Å²) in [7, 11) is -3.59. The minimum Gasteiger partial charge on any atom is -0.379 e. The molecule has 0 spiro atoms. The SMILES string of the molecule is CC(C)(CNC(=O)c1ccc(S(=O)(=O)N2CCOCC2)cc1)c1ccc(Cl)c(Cl)c1. The van der Waals surface area contributed by atoms with Gasteiger partial charge in [0.2, 0.25) is 10.0 Å². The standard InChI is InChI=1S/C21H24Cl2N2O4S/c1-21(2,16-5-8-18(22)19(23)13-16)14-24-20(26)15-3-6-17(7-4-15)30(27,28)25-9-11-29-12-10-25/h3-8,13H,9-12,14H2,1-2H3,(H,24,26). The third kappa shape index (κ3) is 5.15. The topological polar surface area (TPSA) is 75.7 Å². The second-order valence-electron chi connectivity index (χ2n) is 7.74. The highest BCUT2D eigenvalue weighted by Crippen LogP contribution is 2.29. The molecule has 1 fully saturated rings. The summed E-state index contributed by atoms with van der Waals surface area (Å²) < 4.78 is 32.0. The van der Waals surface area contributed by atoms with Gasteiger partial charge in [-0.1, -0.05) is 43.1 Å². The molecule has 9 heteroatoms. The molecule has 1 heterocycles. The van der Waals surface area contributed by atoms with Crippen LogP contribution in [0.5, 0.6) is 0 Å². The monoisotopic (exact) mass is 470 g/mol. The molecule has 1 amide bonds. The Morgan fingerprint density at radius 1 is 1.07 bits per heavy atom. The Bertz CT molecular complexity index is 1020. The summed E-state index contributed by atoms with van der Waals surface area (Å²) in [5, 5.41) is 3.84. The van der Waals surface area contributed by atoms with E-state index in [0.717, 1.165) is 5.56 Å². The van der Waals surface area contributed by atoms with E-state index in [2.05, 4.69) is 5.32 Å².